The van der Waals surface area contributed by atoms with Gasteiger partial charge in [0, 0.05) is 27.5 Å². The Labute approximate surface area is 271 Å². The zero-order valence-corrected chi connectivity index (χ0v) is 25.3. The van der Waals surface area contributed by atoms with E-state index in [1.807, 2.05) is 0 Å². The lowest BCUT2D eigenvalue weighted by Gasteiger charge is -2.39. The van der Waals surface area contributed by atoms with Gasteiger partial charge in [-0.2, -0.15) is 0 Å². The molecule has 3 aromatic heterocycles. The number of hydrogen-bond acceptors (Lipinski definition) is 2. The molecule has 0 atom stereocenters. The van der Waals surface area contributed by atoms with Crippen LogP contribution in [0.25, 0.3) is 61.0 Å². The summed E-state index contributed by atoms with van der Waals surface area (Å²) in [6, 6.07) is 56.9. The number of para-hydroxylation sites is 2. The fraction of sp³-hybridized carbons (Fsp3) is 0.0227. The van der Waals surface area contributed by atoms with Crippen molar-refractivity contribution in [3.63, 3.8) is 0 Å². The molecule has 9 aromatic rings. The highest BCUT2D eigenvalue weighted by atomic mass is 16.5. The van der Waals surface area contributed by atoms with Crippen LogP contribution in [0.15, 0.2) is 158 Å². The Morgan fingerprint density at radius 3 is 1.94 bits per heavy atom. The highest BCUT2D eigenvalue weighted by Crippen LogP contribution is 2.62. The van der Waals surface area contributed by atoms with Crippen molar-refractivity contribution in [2.45, 2.75) is 5.41 Å². The molecule has 0 saturated carbocycles. The quantitative estimate of drug-likeness (QED) is 0.198. The number of fused-ring (bicyclic) bond motifs is 12. The van der Waals surface area contributed by atoms with E-state index >= 15 is 0 Å². The first-order valence-corrected chi connectivity index (χ1v) is 16.1. The van der Waals surface area contributed by atoms with E-state index in [0.29, 0.717) is 0 Å². The van der Waals surface area contributed by atoms with E-state index in [9.17, 15) is 0 Å². The van der Waals surface area contributed by atoms with Gasteiger partial charge < -0.3 is 4.74 Å². The first kappa shape index (κ1) is 25.1. The zero-order chi connectivity index (χ0) is 30.7. The summed E-state index contributed by atoms with van der Waals surface area (Å²) < 4.78 is 8.87. The fourth-order valence-electron chi connectivity index (χ4n) is 8.53. The molecule has 0 saturated heterocycles. The van der Waals surface area contributed by atoms with Crippen molar-refractivity contribution < 1.29 is 4.74 Å². The highest BCUT2D eigenvalue weighted by molar-refractivity contribution is 6.14. The lowest BCUT2D eigenvalue weighted by Crippen LogP contribution is -2.32. The maximum absolute atomic E-state index is 6.55. The molecule has 0 unspecified atom stereocenters. The molecular weight excluding hydrogens is 572 g/mol. The highest BCUT2D eigenvalue weighted by Gasteiger charge is 2.51. The van der Waals surface area contributed by atoms with Crippen LogP contribution in [0, 0.1) is 0 Å². The number of rotatable bonds is 2. The van der Waals surface area contributed by atoms with Crippen molar-refractivity contribution in [2.75, 3.05) is 0 Å². The van der Waals surface area contributed by atoms with Crippen molar-refractivity contribution in [3.8, 4) is 45.0 Å². The average Bonchev–Trinajstić information content (AvgIpc) is 3.78. The zero-order valence-electron chi connectivity index (χ0n) is 25.3. The Hall–Kier alpha value is -6.19. The summed E-state index contributed by atoms with van der Waals surface area (Å²) >= 11 is 0. The minimum atomic E-state index is -0.488. The van der Waals surface area contributed by atoms with Crippen molar-refractivity contribution in [2.24, 2.45) is 0 Å². The van der Waals surface area contributed by atoms with Gasteiger partial charge in [0.25, 0.3) is 0 Å². The Morgan fingerprint density at radius 2 is 1.13 bits per heavy atom. The molecule has 47 heavy (non-hydrogen) atoms. The molecule has 4 heterocycles. The number of aromatic nitrogens is 2. The molecule has 1 aliphatic heterocycles. The van der Waals surface area contributed by atoms with Gasteiger partial charge in [0.15, 0.2) is 0 Å². The molecule has 3 nitrogen and oxygen atoms in total. The van der Waals surface area contributed by atoms with Crippen LogP contribution in [0.4, 0.5) is 0 Å². The van der Waals surface area contributed by atoms with Crippen molar-refractivity contribution in [3.05, 3.63) is 180 Å². The van der Waals surface area contributed by atoms with E-state index in [1.54, 1.807) is 0 Å². The van der Waals surface area contributed by atoms with E-state index in [-0.39, 0.29) is 0 Å². The van der Waals surface area contributed by atoms with Crippen LogP contribution < -0.4 is 4.74 Å². The molecule has 0 N–H and O–H groups in total. The number of benzene rings is 6. The Bertz CT molecular complexity index is 2670. The summed E-state index contributed by atoms with van der Waals surface area (Å²) in [4.78, 5) is 5.12. The minimum Gasteiger partial charge on any atom is -0.457 e. The molecule has 0 fully saturated rings. The normalized spacial score (nSPS) is 13.9. The van der Waals surface area contributed by atoms with Gasteiger partial charge in [-0.15, -0.1) is 0 Å². The molecule has 6 aromatic carbocycles. The van der Waals surface area contributed by atoms with Crippen molar-refractivity contribution in [1.29, 1.82) is 0 Å². The van der Waals surface area contributed by atoms with Crippen LogP contribution in [0.1, 0.15) is 22.3 Å². The summed E-state index contributed by atoms with van der Waals surface area (Å²) in [7, 11) is 0. The van der Waals surface area contributed by atoms with Gasteiger partial charge in [-0.05, 0) is 69.8 Å². The molecule has 2 aliphatic rings. The third-order valence-corrected chi connectivity index (χ3v) is 10.4. The summed E-state index contributed by atoms with van der Waals surface area (Å²) in [6.45, 7) is 0. The molecule has 1 aliphatic carbocycles. The Balaban J connectivity index is 1.20. The third-order valence-electron chi connectivity index (χ3n) is 10.4. The summed E-state index contributed by atoms with van der Waals surface area (Å²) in [5, 5.41) is 2.46. The van der Waals surface area contributed by atoms with Crippen LogP contribution in [0.3, 0.4) is 0 Å². The van der Waals surface area contributed by atoms with Crippen LogP contribution in [-0.4, -0.2) is 9.38 Å². The van der Waals surface area contributed by atoms with Gasteiger partial charge in [-0.25, -0.2) is 4.98 Å². The van der Waals surface area contributed by atoms with Gasteiger partial charge in [0.2, 0.25) is 0 Å². The molecule has 0 amide bonds. The van der Waals surface area contributed by atoms with Crippen LogP contribution in [0.5, 0.6) is 11.5 Å². The van der Waals surface area contributed by atoms with Gasteiger partial charge >= 0.3 is 0 Å². The molecular formula is C44H26N2O. The first-order valence-electron chi connectivity index (χ1n) is 16.1. The Kier molecular flexibility index (Phi) is 4.78. The van der Waals surface area contributed by atoms with Gasteiger partial charge in [0.1, 0.15) is 17.1 Å². The Morgan fingerprint density at radius 1 is 0.468 bits per heavy atom. The van der Waals surface area contributed by atoms with E-state index in [4.69, 9.17) is 9.72 Å². The van der Waals surface area contributed by atoms with Crippen molar-refractivity contribution >= 4 is 27.5 Å². The molecule has 1 spiro atoms. The molecule has 0 radical (unpaired) electrons. The van der Waals surface area contributed by atoms with Crippen molar-refractivity contribution in [1.82, 2.24) is 9.38 Å². The topological polar surface area (TPSA) is 26.5 Å². The van der Waals surface area contributed by atoms with Crippen LogP contribution >= 0.6 is 0 Å². The predicted octanol–water partition coefficient (Wildman–Crippen LogP) is 10.9. The summed E-state index contributed by atoms with van der Waals surface area (Å²) in [5.74, 6) is 1.82. The monoisotopic (exact) mass is 598 g/mol. The molecule has 3 heteroatoms. The molecule has 0 bridgehead atoms. The molecule has 218 valence electrons. The third kappa shape index (κ3) is 3.13. The van der Waals surface area contributed by atoms with Gasteiger partial charge in [0.05, 0.1) is 22.1 Å². The minimum absolute atomic E-state index is 0.488. The maximum Gasteiger partial charge on any atom is 0.138 e. The smallest absolute Gasteiger partial charge is 0.138 e. The second kappa shape index (κ2) is 8.96. The lowest BCUT2D eigenvalue weighted by molar-refractivity contribution is 0.436. The SMILES string of the molecule is c1ccc(-c2nc3cccc4c5ccc(-c6ccc7c(c6)C6(c8ccccc8Oc8ccccc86)c6ccccc6-7)cc5c2n34)cc1. The fourth-order valence-corrected chi connectivity index (χ4v) is 8.53. The molecule has 11 rings (SSSR count). The first-order chi connectivity index (χ1) is 23.3. The average molecular weight is 599 g/mol. The number of nitrogens with zero attached hydrogens (tertiary/aromatic N) is 2. The van der Waals surface area contributed by atoms with E-state index < -0.39 is 5.41 Å². The predicted molar refractivity (Wildman–Crippen MR) is 190 cm³/mol. The van der Waals surface area contributed by atoms with Gasteiger partial charge in [-0.1, -0.05) is 121 Å². The number of ether oxygens (including phenoxy) is 1. The second-order valence-electron chi connectivity index (χ2n) is 12.7. The van der Waals surface area contributed by atoms with E-state index in [1.165, 1.54) is 60.8 Å². The van der Waals surface area contributed by atoms with Gasteiger partial charge in [-0.3, -0.25) is 4.40 Å². The van der Waals surface area contributed by atoms with E-state index in [0.717, 1.165) is 33.9 Å². The number of pyridine rings is 1. The van der Waals surface area contributed by atoms with Crippen LogP contribution in [0.2, 0.25) is 0 Å². The summed E-state index contributed by atoms with van der Waals surface area (Å²) in [5.41, 5.74) is 14.9. The number of hydrogen-bond donors (Lipinski definition) is 0. The second-order valence-corrected chi connectivity index (χ2v) is 12.7. The largest absolute Gasteiger partial charge is 0.457 e. The van der Waals surface area contributed by atoms with E-state index in [2.05, 4.69) is 162 Å². The van der Waals surface area contributed by atoms with Crippen LogP contribution in [-0.2, 0) is 5.41 Å². The maximum atomic E-state index is 6.55. The number of imidazole rings is 1. The summed E-state index contributed by atoms with van der Waals surface area (Å²) in [6.07, 6.45) is 0. The standard InChI is InChI=1S/C44H26N2O/c1-2-11-27(12-3-1)42-43-33-25-28(22-24-32(33)38-17-10-20-41(45-42)46(38)43)29-21-23-31-30-13-4-5-14-34(30)44(37(31)26-29)35-15-6-8-18-39(35)47-40-19-9-7-16-36(40)44/h1-26H. The lowest BCUT2D eigenvalue weighted by atomic mass is 9.66.